The van der Waals surface area contributed by atoms with E-state index in [2.05, 4.69) is 10.2 Å². The van der Waals surface area contributed by atoms with Gasteiger partial charge in [0.2, 0.25) is 0 Å². The lowest BCUT2D eigenvalue weighted by Crippen LogP contribution is -2.46. The van der Waals surface area contributed by atoms with Crippen LogP contribution in [0.4, 0.5) is 0 Å². The molecule has 1 atom stereocenters. The van der Waals surface area contributed by atoms with E-state index in [-0.39, 0.29) is 11.8 Å². The van der Waals surface area contributed by atoms with E-state index in [1.54, 1.807) is 31.7 Å². The molecule has 2 rings (SSSR count). The molecule has 0 bridgehead atoms. The molecule has 0 radical (unpaired) electrons. The van der Waals surface area contributed by atoms with E-state index >= 15 is 0 Å². The number of hydrogen-bond donors (Lipinski definition) is 1. The van der Waals surface area contributed by atoms with Gasteiger partial charge in [-0.25, -0.2) is 0 Å². The number of rotatable bonds is 3. The molecule has 1 fully saturated rings. The molecular formula is C15H21N3O3. The fourth-order valence-corrected chi connectivity index (χ4v) is 2.70. The first-order valence-corrected chi connectivity index (χ1v) is 7.14. The van der Waals surface area contributed by atoms with Crippen molar-refractivity contribution in [3.8, 4) is 0 Å². The van der Waals surface area contributed by atoms with Gasteiger partial charge in [0.25, 0.3) is 5.91 Å². The van der Waals surface area contributed by atoms with Crippen LogP contribution in [-0.2, 0) is 4.79 Å². The largest absolute Gasteiger partial charge is 0.481 e. The summed E-state index contributed by atoms with van der Waals surface area (Å²) in [5.41, 5.74) is 0.377. The molecule has 6 heteroatoms. The third kappa shape index (κ3) is 3.20. The predicted octanol–water partition coefficient (Wildman–Crippen LogP) is 1.75. The molecule has 0 aliphatic carbocycles. The molecule has 1 unspecified atom stereocenters. The molecule has 1 aliphatic heterocycles. The summed E-state index contributed by atoms with van der Waals surface area (Å²) in [6, 6.07) is 1.71. The van der Waals surface area contributed by atoms with E-state index in [0.29, 0.717) is 24.3 Å². The van der Waals surface area contributed by atoms with Gasteiger partial charge in [-0.3, -0.25) is 9.59 Å². The van der Waals surface area contributed by atoms with Crippen LogP contribution in [0, 0.1) is 18.3 Å². The fraction of sp³-hybridized carbons (Fsp3) is 0.600. The van der Waals surface area contributed by atoms with Crippen molar-refractivity contribution in [2.24, 2.45) is 11.3 Å². The van der Waals surface area contributed by atoms with E-state index in [1.807, 2.05) is 0 Å². The standard InChI is InChI=1S/C15H21N3O3/c1-10-7-11(8-16-17-10)13(19)18-6-4-5-12(9-18)15(2,3)14(20)21/h7-8,12H,4-6,9H2,1-3H3,(H,20,21). The zero-order valence-corrected chi connectivity index (χ0v) is 12.7. The summed E-state index contributed by atoms with van der Waals surface area (Å²) in [5, 5.41) is 17.0. The normalized spacial score (nSPS) is 19.4. The number of nitrogens with zero attached hydrogens (tertiary/aromatic N) is 3. The minimum atomic E-state index is -0.828. The highest BCUT2D eigenvalue weighted by Gasteiger charge is 2.40. The molecule has 1 aromatic rings. The Morgan fingerprint density at radius 1 is 1.43 bits per heavy atom. The third-order valence-corrected chi connectivity index (χ3v) is 4.30. The number of piperidine rings is 1. The van der Waals surface area contributed by atoms with E-state index in [4.69, 9.17) is 0 Å². The monoisotopic (exact) mass is 291 g/mol. The molecule has 6 nitrogen and oxygen atoms in total. The number of carboxylic acid groups (broad SMARTS) is 1. The van der Waals surface area contributed by atoms with Gasteiger partial charge in [0.05, 0.1) is 22.9 Å². The minimum absolute atomic E-state index is 0.0383. The molecule has 1 N–H and O–H groups in total. The van der Waals surface area contributed by atoms with Crippen LogP contribution >= 0.6 is 0 Å². The summed E-state index contributed by atoms with van der Waals surface area (Å²) in [4.78, 5) is 25.6. The minimum Gasteiger partial charge on any atom is -0.481 e. The predicted molar refractivity (Wildman–Crippen MR) is 76.8 cm³/mol. The topological polar surface area (TPSA) is 83.4 Å². The molecule has 2 heterocycles. The SMILES string of the molecule is Cc1cc(C(=O)N2CCCC(C(C)(C)C(=O)O)C2)cnn1. The summed E-state index contributed by atoms with van der Waals surface area (Å²) >= 11 is 0. The molecule has 1 amide bonds. The summed E-state index contributed by atoms with van der Waals surface area (Å²) in [6.45, 7) is 6.38. The van der Waals surface area contributed by atoms with Crippen LogP contribution in [0.25, 0.3) is 0 Å². The van der Waals surface area contributed by atoms with Crippen LogP contribution in [0.15, 0.2) is 12.3 Å². The van der Waals surface area contributed by atoms with Gasteiger partial charge in [-0.05, 0) is 45.6 Å². The molecular weight excluding hydrogens is 270 g/mol. The summed E-state index contributed by atoms with van der Waals surface area (Å²) in [7, 11) is 0. The Morgan fingerprint density at radius 3 is 2.76 bits per heavy atom. The number of aromatic nitrogens is 2. The zero-order chi connectivity index (χ0) is 15.6. The second-order valence-corrected chi connectivity index (χ2v) is 6.20. The highest BCUT2D eigenvalue weighted by atomic mass is 16.4. The van der Waals surface area contributed by atoms with E-state index in [9.17, 15) is 14.7 Å². The van der Waals surface area contributed by atoms with Gasteiger partial charge in [-0.2, -0.15) is 10.2 Å². The number of carbonyl (C=O) groups is 2. The number of aryl methyl sites for hydroxylation is 1. The van der Waals surface area contributed by atoms with Crippen LogP contribution in [0.1, 0.15) is 42.7 Å². The quantitative estimate of drug-likeness (QED) is 0.917. The van der Waals surface area contributed by atoms with Crippen LogP contribution in [0.3, 0.4) is 0 Å². The van der Waals surface area contributed by atoms with E-state index in [1.165, 1.54) is 6.20 Å². The first-order chi connectivity index (χ1) is 9.82. The van der Waals surface area contributed by atoms with Gasteiger partial charge in [0.15, 0.2) is 0 Å². The maximum Gasteiger partial charge on any atom is 0.309 e. The van der Waals surface area contributed by atoms with Crippen molar-refractivity contribution in [2.75, 3.05) is 13.1 Å². The molecule has 114 valence electrons. The van der Waals surface area contributed by atoms with Gasteiger partial charge >= 0.3 is 5.97 Å². The molecule has 0 spiro atoms. The van der Waals surface area contributed by atoms with Crippen molar-refractivity contribution in [1.82, 2.24) is 15.1 Å². The van der Waals surface area contributed by atoms with Crippen molar-refractivity contribution in [2.45, 2.75) is 33.6 Å². The number of amides is 1. The summed E-state index contributed by atoms with van der Waals surface area (Å²) in [5.74, 6) is -0.953. The van der Waals surface area contributed by atoms with Crippen LogP contribution in [0.2, 0.25) is 0 Å². The number of carboxylic acids is 1. The van der Waals surface area contributed by atoms with Gasteiger partial charge in [0, 0.05) is 13.1 Å². The van der Waals surface area contributed by atoms with Gasteiger partial charge < -0.3 is 10.0 Å². The lowest BCUT2D eigenvalue weighted by molar-refractivity contribution is -0.151. The Balaban J connectivity index is 2.14. The van der Waals surface area contributed by atoms with Crippen molar-refractivity contribution in [3.63, 3.8) is 0 Å². The Bertz CT molecular complexity index is 557. The smallest absolute Gasteiger partial charge is 0.309 e. The Hall–Kier alpha value is -1.98. The zero-order valence-electron chi connectivity index (χ0n) is 12.7. The molecule has 0 saturated carbocycles. The maximum atomic E-state index is 12.5. The second-order valence-electron chi connectivity index (χ2n) is 6.20. The Morgan fingerprint density at radius 2 is 2.14 bits per heavy atom. The summed E-state index contributed by atoms with van der Waals surface area (Å²) < 4.78 is 0. The van der Waals surface area contributed by atoms with Gasteiger partial charge in [0.1, 0.15) is 0 Å². The number of carbonyl (C=O) groups excluding carboxylic acids is 1. The van der Waals surface area contributed by atoms with Crippen LogP contribution in [0.5, 0.6) is 0 Å². The number of aliphatic carboxylic acids is 1. The van der Waals surface area contributed by atoms with Crippen molar-refractivity contribution in [1.29, 1.82) is 0 Å². The third-order valence-electron chi connectivity index (χ3n) is 4.30. The van der Waals surface area contributed by atoms with Gasteiger partial charge in [-0.1, -0.05) is 0 Å². The van der Waals surface area contributed by atoms with Crippen molar-refractivity contribution in [3.05, 3.63) is 23.5 Å². The second kappa shape index (κ2) is 5.79. The van der Waals surface area contributed by atoms with Crippen molar-refractivity contribution >= 4 is 11.9 Å². The average Bonchev–Trinajstić information content (AvgIpc) is 2.46. The van der Waals surface area contributed by atoms with E-state index < -0.39 is 11.4 Å². The highest BCUT2D eigenvalue weighted by Crippen LogP contribution is 2.34. The number of likely N-dealkylation sites (tertiary alicyclic amines) is 1. The molecule has 21 heavy (non-hydrogen) atoms. The molecule has 1 aliphatic rings. The first-order valence-electron chi connectivity index (χ1n) is 7.14. The Labute approximate surface area is 124 Å². The van der Waals surface area contributed by atoms with Gasteiger partial charge in [-0.15, -0.1) is 0 Å². The Kier molecular flexibility index (Phi) is 4.25. The molecule has 1 saturated heterocycles. The van der Waals surface area contributed by atoms with Crippen LogP contribution < -0.4 is 0 Å². The fourth-order valence-electron chi connectivity index (χ4n) is 2.70. The van der Waals surface area contributed by atoms with E-state index in [0.717, 1.165) is 12.8 Å². The lowest BCUT2D eigenvalue weighted by Gasteiger charge is -2.39. The molecule has 1 aromatic heterocycles. The van der Waals surface area contributed by atoms with Crippen LogP contribution in [-0.4, -0.2) is 45.2 Å². The lowest BCUT2D eigenvalue weighted by atomic mass is 9.74. The average molecular weight is 291 g/mol. The highest BCUT2D eigenvalue weighted by molar-refractivity contribution is 5.94. The maximum absolute atomic E-state index is 12.5. The first kappa shape index (κ1) is 15.4. The van der Waals surface area contributed by atoms with Crippen molar-refractivity contribution < 1.29 is 14.7 Å². The number of hydrogen-bond acceptors (Lipinski definition) is 4. The summed E-state index contributed by atoms with van der Waals surface area (Å²) in [6.07, 6.45) is 3.11. The molecule has 0 aromatic carbocycles.